The van der Waals surface area contributed by atoms with Crippen molar-refractivity contribution in [1.82, 2.24) is 0 Å². The molecule has 1 saturated carbocycles. The minimum atomic E-state index is -0.550. The molecule has 0 radical (unpaired) electrons. The van der Waals surface area contributed by atoms with Crippen molar-refractivity contribution in [3.63, 3.8) is 0 Å². The van der Waals surface area contributed by atoms with Crippen molar-refractivity contribution in [2.75, 3.05) is 29.5 Å². The van der Waals surface area contributed by atoms with Crippen LogP contribution in [0.4, 0.5) is 11.4 Å². The Labute approximate surface area is 199 Å². The van der Waals surface area contributed by atoms with Gasteiger partial charge in [-0.05, 0) is 43.0 Å². The Hall–Kier alpha value is -3.66. The van der Waals surface area contributed by atoms with E-state index >= 15 is 0 Å². The van der Waals surface area contributed by atoms with E-state index in [2.05, 4.69) is 0 Å². The van der Waals surface area contributed by atoms with Crippen molar-refractivity contribution < 1.29 is 19.1 Å². The van der Waals surface area contributed by atoms with Gasteiger partial charge in [-0.25, -0.2) is 0 Å². The first-order valence-electron chi connectivity index (χ1n) is 11.9. The molecule has 34 heavy (non-hydrogen) atoms. The lowest BCUT2D eigenvalue weighted by atomic mass is 9.78. The SMILES string of the molecule is N#CCCN(C(=O)COC(=O)[C@H]1CCCC[C@H]1C(=O)N1CCc2ccccc21)c1ccccc1. The van der Waals surface area contributed by atoms with Gasteiger partial charge >= 0.3 is 5.97 Å². The van der Waals surface area contributed by atoms with Crippen LogP contribution in [0.25, 0.3) is 0 Å². The van der Waals surface area contributed by atoms with Crippen LogP contribution in [0.1, 0.15) is 37.7 Å². The van der Waals surface area contributed by atoms with Crippen molar-refractivity contribution >= 4 is 29.2 Å². The summed E-state index contributed by atoms with van der Waals surface area (Å²) in [7, 11) is 0. The van der Waals surface area contributed by atoms with Gasteiger partial charge in [0.25, 0.3) is 5.91 Å². The van der Waals surface area contributed by atoms with Crippen molar-refractivity contribution in [2.45, 2.75) is 38.5 Å². The summed E-state index contributed by atoms with van der Waals surface area (Å²) >= 11 is 0. The number of amides is 2. The predicted molar refractivity (Wildman–Crippen MR) is 128 cm³/mol. The number of fused-ring (bicyclic) bond motifs is 1. The Balaban J connectivity index is 1.41. The Kier molecular flexibility index (Phi) is 7.58. The molecule has 2 atom stereocenters. The molecule has 4 rings (SSSR count). The second-order valence-corrected chi connectivity index (χ2v) is 8.76. The summed E-state index contributed by atoms with van der Waals surface area (Å²) in [5, 5.41) is 8.96. The number of carbonyl (C=O) groups excluding carboxylic acids is 3. The first-order valence-corrected chi connectivity index (χ1v) is 11.9. The minimum Gasteiger partial charge on any atom is -0.455 e. The Morgan fingerprint density at radius 1 is 1.00 bits per heavy atom. The van der Waals surface area contributed by atoms with E-state index in [1.54, 1.807) is 17.0 Å². The molecule has 7 heteroatoms. The first kappa shape index (κ1) is 23.5. The quantitative estimate of drug-likeness (QED) is 0.586. The highest BCUT2D eigenvalue weighted by Crippen LogP contribution is 2.36. The zero-order valence-corrected chi connectivity index (χ0v) is 19.2. The second-order valence-electron chi connectivity index (χ2n) is 8.76. The van der Waals surface area contributed by atoms with Gasteiger partial charge in [0.05, 0.1) is 24.3 Å². The van der Waals surface area contributed by atoms with E-state index in [1.807, 2.05) is 48.5 Å². The van der Waals surface area contributed by atoms with E-state index in [0.717, 1.165) is 30.5 Å². The number of para-hydroxylation sites is 2. The summed E-state index contributed by atoms with van der Waals surface area (Å²) in [6, 6.07) is 18.9. The summed E-state index contributed by atoms with van der Waals surface area (Å²) in [5.74, 6) is -1.90. The van der Waals surface area contributed by atoms with Crippen LogP contribution < -0.4 is 9.80 Å². The summed E-state index contributed by atoms with van der Waals surface area (Å²) in [6.07, 6.45) is 3.96. The second kappa shape index (κ2) is 11.0. The molecule has 0 aromatic heterocycles. The van der Waals surface area contributed by atoms with Crippen molar-refractivity contribution in [3.8, 4) is 6.07 Å². The average molecular weight is 460 g/mol. The van der Waals surface area contributed by atoms with Gasteiger partial charge in [0.15, 0.2) is 6.61 Å². The molecule has 2 aromatic rings. The smallest absolute Gasteiger partial charge is 0.310 e. The Morgan fingerprint density at radius 3 is 2.47 bits per heavy atom. The van der Waals surface area contributed by atoms with Gasteiger partial charge < -0.3 is 14.5 Å². The van der Waals surface area contributed by atoms with Crippen LogP contribution in [0.3, 0.4) is 0 Å². The average Bonchev–Trinajstić information content (AvgIpc) is 3.32. The third-order valence-corrected chi connectivity index (χ3v) is 6.69. The number of nitrogens with zero attached hydrogens (tertiary/aromatic N) is 3. The van der Waals surface area contributed by atoms with Crippen LogP contribution in [0.5, 0.6) is 0 Å². The predicted octanol–water partition coefficient (Wildman–Crippen LogP) is 3.87. The molecule has 0 spiro atoms. The van der Waals surface area contributed by atoms with E-state index in [1.165, 1.54) is 4.90 Å². The van der Waals surface area contributed by atoms with E-state index in [4.69, 9.17) is 10.00 Å². The molecule has 1 fully saturated rings. The maximum atomic E-state index is 13.4. The monoisotopic (exact) mass is 459 g/mol. The van der Waals surface area contributed by atoms with Gasteiger partial charge in [-0.15, -0.1) is 0 Å². The van der Waals surface area contributed by atoms with Gasteiger partial charge in [0, 0.05) is 24.5 Å². The molecule has 0 bridgehead atoms. The van der Waals surface area contributed by atoms with Crippen molar-refractivity contribution in [2.24, 2.45) is 11.8 Å². The molecule has 1 heterocycles. The Morgan fingerprint density at radius 2 is 1.71 bits per heavy atom. The zero-order valence-electron chi connectivity index (χ0n) is 19.2. The van der Waals surface area contributed by atoms with E-state index in [-0.39, 0.29) is 24.8 Å². The molecule has 0 saturated heterocycles. The number of benzene rings is 2. The van der Waals surface area contributed by atoms with Crippen LogP contribution in [-0.2, 0) is 25.5 Å². The third-order valence-electron chi connectivity index (χ3n) is 6.69. The molecule has 176 valence electrons. The fourth-order valence-corrected chi connectivity index (χ4v) is 4.96. The highest BCUT2D eigenvalue weighted by molar-refractivity contribution is 5.99. The lowest BCUT2D eigenvalue weighted by molar-refractivity contribution is -0.156. The molecule has 2 amide bonds. The third kappa shape index (κ3) is 5.12. The number of nitriles is 1. The molecular formula is C27H29N3O4. The van der Waals surface area contributed by atoms with Crippen LogP contribution in [0, 0.1) is 23.2 Å². The van der Waals surface area contributed by atoms with Gasteiger partial charge in [-0.1, -0.05) is 49.2 Å². The Bertz CT molecular complexity index is 1080. The number of hydrogen-bond acceptors (Lipinski definition) is 5. The minimum absolute atomic E-state index is 0.0298. The maximum absolute atomic E-state index is 13.4. The van der Waals surface area contributed by atoms with Crippen LogP contribution >= 0.6 is 0 Å². The van der Waals surface area contributed by atoms with Crippen molar-refractivity contribution in [3.05, 3.63) is 60.2 Å². The maximum Gasteiger partial charge on any atom is 0.310 e. The summed E-state index contributed by atoms with van der Waals surface area (Å²) in [5.41, 5.74) is 2.73. The van der Waals surface area contributed by atoms with E-state index < -0.39 is 24.4 Å². The van der Waals surface area contributed by atoms with Gasteiger partial charge in [0.2, 0.25) is 5.91 Å². The fourth-order valence-electron chi connectivity index (χ4n) is 4.96. The standard InChI is InChI=1S/C27H29N3O4/c28-16-8-17-29(21-10-2-1-3-11-21)25(31)19-34-27(33)23-13-6-5-12-22(23)26(32)30-18-15-20-9-4-7-14-24(20)30/h1-4,7,9-11,14,22-23H,5-6,8,12-13,15,17-19H2/t22-,23+/m1/s1. The largest absolute Gasteiger partial charge is 0.455 e. The highest BCUT2D eigenvalue weighted by Gasteiger charge is 2.40. The van der Waals surface area contributed by atoms with E-state index in [0.29, 0.717) is 25.1 Å². The lowest BCUT2D eigenvalue weighted by Gasteiger charge is -2.32. The molecule has 0 unspecified atom stereocenters. The summed E-state index contributed by atoms with van der Waals surface area (Å²) < 4.78 is 5.45. The van der Waals surface area contributed by atoms with Gasteiger partial charge in [-0.3, -0.25) is 14.4 Å². The van der Waals surface area contributed by atoms with Crippen LogP contribution in [-0.4, -0.2) is 37.5 Å². The van der Waals surface area contributed by atoms with Crippen LogP contribution in [0.2, 0.25) is 0 Å². The molecule has 2 aromatic carbocycles. The van der Waals surface area contributed by atoms with Gasteiger partial charge in [-0.2, -0.15) is 5.26 Å². The summed E-state index contributed by atoms with van der Waals surface area (Å²) in [4.78, 5) is 42.6. The lowest BCUT2D eigenvalue weighted by Crippen LogP contribution is -2.43. The summed E-state index contributed by atoms with van der Waals surface area (Å²) in [6.45, 7) is 0.429. The first-order chi connectivity index (χ1) is 16.6. The molecule has 1 aliphatic heterocycles. The number of ether oxygens (including phenoxy) is 1. The zero-order chi connectivity index (χ0) is 23.9. The highest BCUT2D eigenvalue weighted by atomic mass is 16.5. The van der Waals surface area contributed by atoms with E-state index in [9.17, 15) is 14.4 Å². The number of rotatable bonds is 7. The van der Waals surface area contributed by atoms with Gasteiger partial charge in [0.1, 0.15) is 0 Å². The molecule has 0 N–H and O–H groups in total. The normalized spacial score (nSPS) is 19.1. The van der Waals surface area contributed by atoms with Crippen molar-refractivity contribution in [1.29, 1.82) is 5.26 Å². The molecular weight excluding hydrogens is 430 g/mol. The van der Waals surface area contributed by atoms with Crippen LogP contribution in [0.15, 0.2) is 54.6 Å². The topological polar surface area (TPSA) is 90.7 Å². The number of hydrogen-bond donors (Lipinski definition) is 0. The number of carbonyl (C=O) groups is 3. The molecule has 7 nitrogen and oxygen atoms in total. The molecule has 1 aliphatic carbocycles. The number of anilines is 2. The fraction of sp³-hybridized carbons (Fsp3) is 0.407. The number of esters is 1. The molecule has 2 aliphatic rings.